The summed E-state index contributed by atoms with van der Waals surface area (Å²) < 4.78 is 16.2. The Bertz CT molecular complexity index is 403. The van der Waals surface area contributed by atoms with E-state index in [-0.39, 0.29) is 17.4 Å². The first-order valence-electron chi connectivity index (χ1n) is 5.09. The number of anilines is 1. The van der Waals surface area contributed by atoms with Crippen molar-refractivity contribution in [2.24, 2.45) is 0 Å². The van der Waals surface area contributed by atoms with Crippen molar-refractivity contribution < 1.29 is 8.95 Å². The fourth-order valence-electron chi connectivity index (χ4n) is 0.981. The summed E-state index contributed by atoms with van der Waals surface area (Å²) in [5.74, 6) is 0.843. The number of hydrogen-bond donors (Lipinski definition) is 1. The van der Waals surface area contributed by atoms with Crippen molar-refractivity contribution in [1.29, 1.82) is 0 Å². The van der Waals surface area contributed by atoms with E-state index in [0.717, 1.165) is 0 Å². The fourth-order valence-corrected chi connectivity index (χ4v) is 1.52. The third-order valence-electron chi connectivity index (χ3n) is 1.60. The van der Waals surface area contributed by atoms with E-state index in [1.807, 2.05) is 13.8 Å². The van der Waals surface area contributed by atoms with Gasteiger partial charge in [-0.3, -0.25) is 4.21 Å². The van der Waals surface area contributed by atoms with Crippen LogP contribution in [0.15, 0.2) is 0 Å². The molecule has 96 valence electrons. The average molecular weight is 279 g/mol. The van der Waals surface area contributed by atoms with Crippen molar-refractivity contribution in [2.45, 2.75) is 20.0 Å². The van der Waals surface area contributed by atoms with Gasteiger partial charge in [0.2, 0.25) is 11.2 Å². The van der Waals surface area contributed by atoms with Crippen LogP contribution in [0.5, 0.6) is 6.01 Å². The molecule has 0 saturated carbocycles. The van der Waals surface area contributed by atoms with Gasteiger partial charge in [-0.05, 0) is 25.4 Å². The minimum atomic E-state index is -0.857. The molecule has 1 unspecified atom stereocenters. The van der Waals surface area contributed by atoms with Gasteiger partial charge in [-0.2, -0.15) is 15.0 Å². The van der Waals surface area contributed by atoms with Gasteiger partial charge in [0.05, 0.1) is 6.10 Å². The van der Waals surface area contributed by atoms with Crippen molar-refractivity contribution in [3.8, 4) is 6.01 Å². The number of ether oxygens (including phenoxy) is 1. The Labute approximate surface area is 108 Å². The second kappa shape index (κ2) is 6.70. The smallest absolute Gasteiger partial charge is 0.322 e. The third kappa shape index (κ3) is 5.78. The summed E-state index contributed by atoms with van der Waals surface area (Å²) in [7, 11) is -0.857. The minimum absolute atomic E-state index is 0.0375. The van der Waals surface area contributed by atoms with Crippen LogP contribution in [-0.2, 0) is 10.8 Å². The van der Waals surface area contributed by atoms with Crippen LogP contribution >= 0.6 is 11.6 Å². The minimum Gasteiger partial charge on any atom is -0.461 e. The molecule has 0 spiro atoms. The third-order valence-corrected chi connectivity index (χ3v) is 2.55. The summed E-state index contributed by atoms with van der Waals surface area (Å²) in [5.41, 5.74) is 0. The van der Waals surface area contributed by atoms with Crippen LogP contribution in [0.1, 0.15) is 13.8 Å². The fraction of sp³-hybridized carbons (Fsp3) is 0.667. The highest BCUT2D eigenvalue weighted by molar-refractivity contribution is 7.84. The molecule has 1 heterocycles. The van der Waals surface area contributed by atoms with Crippen LogP contribution in [0.2, 0.25) is 5.28 Å². The lowest BCUT2D eigenvalue weighted by Crippen LogP contribution is -2.14. The molecule has 17 heavy (non-hydrogen) atoms. The number of aromatic nitrogens is 3. The van der Waals surface area contributed by atoms with Gasteiger partial charge >= 0.3 is 6.01 Å². The molecule has 1 aromatic rings. The van der Waals surface area contributed by atoms with Crippen LogP contribution in [0.4, 0.5) is 5.95 Å². The number of nitrogens with one attached hydrogen (secondary N) is 1. The van der Waals surface area contributed by atoms with Gasteiger partial charge in [-0.25, -0.2) is 0 Å². The van der Waals surface area contributed by atoms with E-state index >= 15 is 0 Å². The lowest BCUT2D eigenvalue weighted by Gasteiger charge is -2.09. The second-order valence-corrected chi connectivity index (χ2v) is 5.47. The number of hydrogen-bond acceptors (Lipinski definition) is 6. The first-order valence-corrected chi connectivity index (χ1v) is 7.20. The van der Waals surface area contributed by atoms with Crippen molar-refractivity contribution in [3.05, 3.63) is 5.28 Å². The Morgan fingerprint density at radius 3 is 2.71 bits per heavy atom. The van der Waals surface area contributed by atoms with Gasteiger partial charge in [0.1, 0.15) is 0 Å². The highest BCUT2D eigenvalue weighted by Crippen LogP contribution is 2.12. The van der Waals surface area contributed by atoms with Crippen molar-refractivity contribution >= 4 is 28.3 Å². The predicted molar refractivity (Wildman–Crippen MR) is 68.0 cm³/mol. The quantitative estimate of drug-likeness (QED) is 0.840. The van der Waals surface area contributed by atoms with Gasteiger partial charge in [0.15, 0.2) is 0 Å². The van der Waals surface area contributed by atoms with Crippen LogP contribution in [0.3, 0.4) is 0 Å². The molecule has 0 bridgehead atoms. The first kappa shape index (κ1) is 14.1. The molecule has 1 atom stereocenters. The highest BCUT2D eigenvalue weighted by Gasteiger charge is 2.07. The molecule has 6 nitrogen and oxygen atoms in total. The van der Waals surface area contributed by atoms with Crippen molar-refractivity contribution in [3.63, 3.8) is 0 Å². The lowest BCUT2D eigenvalue weighted by molar-refractivity contribution is 0.222. The molecular formula is C9H15ClN4O2S. The maximum absolute atomic E-state index is 10.9. The van der Waals surface area contributed by atoms with Crippen LogP contribution in [0, 0.1) is 0 Å². The highest BCUT2D eigenvalue weighted by atomic mass is 35.5. The molecule has 0 aliphatic carbocycles. The molecule has 1 aromatic heterocycles. The molecular weight excluding hydrogens is 264 g/mol. The Morgan fingerprint density at radius 2 is 2.12 bits per heavy atom. The standard InChI is InChI=1S/C9H15ClN4O2S/c1-6(2)16-9-13-7(10)12-8(14-9)11-4-5-17(3)15/h6H,4-5H2,1-3H3,(H,11,12,13,14). The number of rotatable bonds is 6. The second-order valence-electron chi connectivity index (χ2n) is 3.58. The van der Waals surface area contributed by atoms with E-state index in [1.54, 1.807) is 6.26 Å². The molecule has 0 aromatic carbocycles. The van der Waals surface area contributed by atoms with E-state index < -0.39 is 10.8 Å². The largest absolute Gasteiger partial charge is 0.461 e. The Morgan fingerprint density at radius 1 is 1.41 bits per heavy atom. The van der Waals surface area contributed by atoms with Gasteiger partial charge in [0.25, 0.3) is 0 Å². The molecule has 0 aliphatic heterocycles. The summed E-state index contributed by atoms with van der Waals surface area (Å²) in [6, 6.07) is 0.181. The zero-order chi connectivity index (χ0) is 12.8. The van der Waals surface area contributed by atoms with Gasteiger partial charge in [-0.15, -0.1) is 0 Å². The lowest BCUT2D eigenvalue weighted by atomic mass is 10.5. The van der Waals surface area contributed by atoms with Crippen molar-refractivity contribution in [1.82, 2.24) is 15.0 Å². The van der Waals surface area contributed by atoms with Gasteiger partial charge in [-0.1, -0.05) is 0 Å². The summed E-state index contributed by atoms with van der Waals surface area (Å²) in [6.45, 7) is 4.24. The molecule has 0 aliphatic rings. The first-order chi connectivity index (χ1) is 7.97. The molecule has 0 amide bonds. The summed E-state index contributed by atoms with van der Waals surface area (Å²) in [6.07, 6.45) is 1.60. The molecule has 8 heteroatoms. The summed E-state index contributed by atoms with van der Waals surface area (Å²) in [5, 5.41) is 2.98. The molecule has 1 N–H and O–H groups in total. The molecule has 0 saturated heterocycles. The van der Waals surface area contributed by atoms with Crippen LogP contribution in [0.25, 0.3) is 0 Å². The maximum atomic E-state index is 10.9. The number of halogens is 1. The van der Waals surface area contributed by atoms with Gasteiger partial charge < -0.3 is 10.1 Å². The van der Waals surface area contributed by atoms with E-state index in [0.29, 0.717) is 18.2 Å². The van der Waals surface area contributed by atoms with Gasteiger partial charge in [0, 0.05) is 29.4 Å². The van der Waals surface area contributed by atoms with Crippen molar-refractivity contribution in [2.75, 3.05) is 23.9 Å². The Kier molecular flexibility index (Phi) is 5.57. The zero-order valence-electron chi connectivity index (χ0n) is 9.94. The van der Waals surface area contributed by atoms with Crippen LogP contribution < -0.4 is 10.1 Å². The molecule has 0 fully saturated rings. The molecule has 1 rings (SSSR count). The summed E-state index contributed by atoms with van der Waals surface area (Å²) in [4.78, 5) is 11.8. The summed E-state index contributed by atoms with van der Waals surface area (Å²) >= 11 is 5.73. The van der Waals surface area contributed by atoms with E-state index in [9.17, 15) is 4.21 Å². The molecule has 0 radical (unpaired) electrons. The average Bonchev–Trinajstić information content (AvgIpc) is 2.14. The zero-order valence-corrected chi connectivity index (χ0v) is 11.5. The normalized spacial score (nSPS) is 12.5. The monoisotopic (exact) mass is 278 g/mol. The Balaban J connectivity index is 2.65. The maximum Gasteiger partial charge on any atom is 0.322 e. The SMILES string of the molecule is CC(C)Oc1nc(Cl)nc(NCCS(C)=O)n1. The van der Waals surface area contributed by atoms with Crippen LogP contribution in [-0.4, -0.2) is 43.8 Å². The van der Waals surface area contributed by atoms with E-state index in [1.165, 1.54) is 0 Å². The number of nitrogens with zero attached hydrogens (tertiary/aromatic N) is 3. The van der Waals surface area contributed by atoms with E-state index in [4.69, 9.17) is 16.3 Å². The predicted octanol–water partition coefficient (Wildman–Crippen LogP) is 1.10. The van der Waals surface area contributed by atoms with E-state index in [2.05, 4.69) is 20.3 Å². The Hall–Kier alpha value is -0.950. The topological polar surface area (TPSA) is 77.0 Å².